The minimum Gasteiger partial charge on any atom is -0.489 e. The number of esters is 1. The first kappa shape index (κ1) is 45.7. The molecule has 0 saturated carbocycles. The van der Waals surface area contributed by atoms with Crippen LogP contribution < -0.4 is 10.1 Å². The molecule has 0 amide bonds. The normalized spacial score (nSPS) is 13.7. The molecule has 0 radical (unpaired) electrons. The molecule has 2 aromatic heterocycles. The van der Waals surface area contributed by atoms with Gasteiger partial charge in [0.1, 0.15) is 24.5 Å². The van der Waals surface area contributed by atoms with Crippen molar-refractivity contribution in [2.75, 3.05) is 46.1 Å². The Morgan fingerprint density at radius 2 is 1.59 bits per heavy atom. The largest absolute Gasteiger partial charge is 0.489 e. The van der Waals surface area contributed by atoms with Crippen LogP contribution >= 0.6 is 23.2 Å². The SMILES string of the molecule is CC(C)COC[C@H](NCc1cc(Cl)c(Cn2ncc3c(-c4cccc(-c5ccc(CN6CCOCC6)cc5)c4Cl)cccc32)cc1OCc1cncc(C#N)c1)C(=O)OCC(C)C. The monoisotopic (exact) mass is 888 g/mol. The van der Waals surface area contributed by atoms with Gasteiger partial charge in [-0.05, 0) is 58.4 Å². The fourth-order valence-corrected chi connectivity index (χ4v) is 8.01. The summed E-state index contributed by atoms with van der Waals surface area (Å²) in [7, 11) is 0. The molecular formula is C50H54Cl2N6O5. The maximum Gasteiger partial charge on any atom is 0.325 e. The lowest BCUT2D eigenvalue weighted by Crippen LogP contribution is -2.42. The lowest BCUT2D eigenvalue weighted by molar-refractivity contribution is -0.149. The number of aromatic nitrogens is 3. The number of nitriles is 1. The molecule has 0 unspecified atom stereocenters. The molecule has 6 aromatic rings. The zero-order valence-corrected chi connectivity index (χ0v) is 37.8. The summed E-state index contributed by atoms with van der Waals surface area (Å²) < 4.78 is 25.4. The molecule has 1 N–H and O–H groups in total. The molecule has 1 aliphatic heterocycles. The van der Waals surface area contributed by atoms with Gasteiger partial charge in [-0.1, -0.05) is 105 Å². The average Bonchev–Trinajstić information content (AvgIpc) is 3.70. The topological polar surface area (TPSA) is 124 Å². The van der Waals surface area contributed by atoms with Gasteiger partial charge < -0.3 is 18.9 Å². The van der Waals surface area contributed by atoms with E-state index in [1.807, 2.05) is 61.1 Å². The number of benzene rings is 4. The summed E-state index contributed by atoms with van der Waals surface area (Å²) in [5.74, 6) is 0.661. The summed E-state index contributed by atoms with van der Waals surface area (Å²) >= 11 is 14.3. The summed E-state index contributed by atoms with van der Waals surface area (Å²) in [4.78, 5) is 19.8. The lowest BCUT2D eigenvalue weighted by Gasteiger charge is -2.26. The molecule has 63 heavy (non-hydrogen) atoms. The Balaban J connectivity index is 1.14. The Kier molecular flexibility index (Phi) is 15.8. The molecule has 7 rings (SSSR count). The number of hydrogen-bond donors (Lipinski definition) is 1. The van der Waals surface area contributed by atoms with Crippen LogP contribution in [0.3, 0.4) is 0 Å². The van der Waals surface area contributed by atoms with E-state index in [1.165, 1.54) is 11.8 Å². The van der Waals surface area contributed by atoms with Gasteiger partial charge in [0.25, 0.3) is 0 Å². The Morgan fingerprint density at radius 3 is 2.35 bits per heavy atom. The molecule has 13 heteroatoms. The Bertz CT molecular complexity index is 2530. The third-order valence-electron chi connectivity index (χ3n) is 10.7. The summed E-state index contributed by atoms with van der Waals surface area (Å²) in [5, 5.41) is 19.8. The summed E-state index contributed by atoms with van der Waals surface area (Å²) in [6.07, 6.45) is 5.05. The molecule has 11 nitrogen and oxygen atoms in total. The Morgan fingerprint density at radius 1 is 0.841 bits per heavy atom. The van der Waals surface area contributed by atoms with Crippen LogP contribution in [-0.2, 0) is 45.2 Å². The predicted molar refractivity (Wildman–Crippen MR) is 248 cm³/mol. The van der Waals surface area contributed by atoms with Crippen LogP contribution in [-0.4, -0.2) is 77.8 Å². The van der Waals surface area contributed by atoms with Gasteiger partial charge in [-0.3, -0.25) is 24.7 Å². The number of ether oxygens (including phenoxy) is 4. The van der Waals surface area contributed by atoms with Gasteiger partial charge in [0.05, 0.1) is 55.3 Å². The van der Waals surface area contributed by atoms with Crippen LogP contribution in [0.1, 0.15) is 55.5 Å². The number of halogens is 2. The molecule has 0 bridgehead atoms. The lowest BCUT2D eigenvalue weighted by atomic mass is 9.96. The molecule has 1 aliphatic rings. The molecule has 1 saturated heterocycles. The van der Waals surface area contributed by atoms with Crippen molar-refractivity contribution in [1.82, 2.24) is 25.0 Å². The smallest absolute Gasteiger partial charge is 0.325 e. The van der Waals surface area contributed by atoms with E-state index in [9.17, 15) is 10.1 Å². The summed E-state index contributed by atoms with van der Waals surface area (Å²) in [5.41, 5.74) is 8.74. The maximum absolute atomic E-state index is 13.2. The number of carbonyl (C=O) groups is 1. The molecule has 0 spiro atoms. The molecule has 4 aromatic carbocycles. The zero-order valence-electron chi connectivity index (χ0n) is 36.3. The quantitative estimate of drug-likeness (QED) is 0.0787. The fraction of sp³-hybridized carbons (Fsp3) is 0.360. The van der Waals surface area contributed by atoms with E-state index in [4.69, 9.17) is 47.2 Å². The third-order valence-corrected chi connectivity index (χ3v) is 11.5. The van der Waals surface area contributed by atoms with Gasteiger partial charge in [-0.25, -0.2) is 0 Å². The van der Waals surface area contributed by atoms with Gasteiger partial charge in [-0.15, -0.1) is 0 Å². The number of hydrogen-bond acceptors (Lipinski definition) is 10. The maximum atomic E-state index is 13.2. The second kappa shape index (κ2) is 21.8. The third kappa shape index (κ3) is 12.0. The molecule has 1 fully saturated rings. The van der Waals surface area contributed by atoms with Gasteiger partial charge >= 0.3 is 5.97 Å². The highest BCUT2D eigenvalue weighted by atomic mass is 35.5. The first-order chi connectivity index (χ1) is 30.6. The van der Waals surface area contributed by atoms with Crippen molar-refractivity contribution in [3.63, 3.8) is 0 Å². The fourth-order valence-electron chi connectivity index (χ4n) is 7.43. The number of nitrogens with zero attached hydrogens (tertiary/aromatic N) is 5. The van der Waals surface area contributed by atoms with E-state index in [0.717, 1.165) is 82.7 Å². The summed E-state index contributed by atoms with van der Waals surface area (Å²) in [6, 6.07) is 27.8. The second-order valence-electron chi connectivity index (χ2n) is 16.7. The number of nitrogens with one attached hydrogen (secondary N) is 1. The summed E-state index contributed by atoms with van der Waals surface area (Å²) in [6.45, 7) is 14.1. The number of pyridine rings is 1. The first-order valence-corrected chi connectivity index (χ1v) is 22.2. The molecule has 0 aliphatic carbocycles. The van der Waals surface area contributed by atoms with Crippen molar-refractivity contribution in [3.8, 4) is 34.1 Å². The van der Waals surface area contributed by atoms with Crippen molar-refractivity contribution >= 4 is 40.1 Å². The van der Waals surface area contributed by atoms with E-state index >= 15 is 0 Å². The zero-order chi connectivity index (χ0) is 44.3. The van der Waals surface area contributed by atoms with Crippen molar-refractivity contribution < 1.29 is 23.7 Å². The van der Waals surface area contributed by atoms with Crippen LogP contribution in [0.25, 0.3) is 33.2 Å². The average molecular weight is 890 g/mol. The van der Waals surface area contributed by atoms with Gasteiger partial charge in [0.2, 0.25) is 0 Å². The van der Waals surface area contributed by atoms with Crippen molar-refractivity contribution in [2.24, 2.45) is 11.8 Å². The number of carbonyl (C=O) groups excluding carboxylic acids is 1. The minimum atomic E-state index is -0.713. The van der Waals surface area contributed by atoms with Crippen LogP contribution in [0.4, 0.5) is 0 Å². The minimum absolute atomic E-state index is 0.149. The Labute approximate surface area is 379 Å². The number of fused-ring (bicyclic) bond motifs is 1. The highest BCUT2D eigenvalue weighted by molar-refractivity contribution is 6.36. The molecular weight excluding hydrogens is 835 g/mol. The highest BCUT2D eigenvalue weighted by Gasteiger charge is 2.23. The second-order valence-corrected chi connectivity index (χ2v) is 17.5. The molecule has 1 atom stereocenters. The van der Waals surface area contributed by atoms with E-state index in [-0.39, 0.29) is 31.6 Å². The van der Waals surface area contributed by atoms with Crippen LogP contribution in [0.2, 0.25) is 10.0 Å². The van der Waals surface area contributed by atoms with E-state index in [1.54, 1.807) is 12.3 Å². The van der Waals surface area contributed by atoms with Crippen molar-refractivity contribution in [1.29, 1.82) is 5.26 Å². The van der Waals surface area contributed by atoms with Crippen LogP contribution in [0.15, 0.2) is 97.5 Å². The predicted octanol–water partition coefficient (Wildman–Crippen LogP) is 9.73. The highest BCUT2D eigenvalue weighted by Crippen LogP contribution is 2.40. The molecule has 328 valence electrons. The van der Waals surface area contributed by atoms with Crippen LogP contribution in [0.5, 0.6) is 5.75 Å². The number of morpholine rings is 1. The Hall–Kier alpha value is -5.32. The van der Waals surface area contributed by atoms with E-state index in [2.05, 4.69) is 71.5 Å². The van der Waals surface area contributed by atoms with Gasteiger partial charge in [0.15, 0.2) is 0 Å². The van der Waals surface area contributed by atoms with Crippen LogP contribution in [0, 0.1) is 23.2 Å². The van der Waals surface area contributed by atoms with Gasteiger partial charge in [-0.2, -0.15) is 10.4 Å². The number of rotatable bonds is 19. The van der Waals surface area contributed by atoms with Gasteiger partial charge in [0, 0.05) is 77.8 Å². The molecule has 3 heterocycles. The standard InChI is InChI=1S/C50H54Cl2N6O5/c1-33(2)29-61-32-46(50(59)63-30-34(3)4)55-25-39-20-45(51)40(21-48(39)62-31-37-19-36(22-53)23-54-24-37)28-58-47-10-6-8-42(44(47)26-56-58)43-9-5-7-41(49(43)52)38-13-11-35(12-14-38)27-57-15-17-60-18-16-57/h5-14,19-21,23-24,26,33-34,46,55H,15-18,25,27-32H2,1-4H3/t46-/m0/s1. The van der Waals surface area contributed by atoms with E-state index in [0.29, 0.717) is 47.0 Å². The van der Waals surface area contributed by atoms with Crippen molar-refractivity contribution in [3.05, 3.63) is 135 Å². The first-order valence-electron chi connectivity index (χ1n) is 21.4. The van der Waals surface area contributed by atoms with Crippen molar-refractivity contribution in [2.45, 2.75) is 60.0 Å². The van der Waals surface area contributed by atoms with E-state index < -0.39 is 6.04 Å².